The molecule has 0 unspecified atom stereocenters. The smallest absolute Gasteiger partial charge is 0.234 e. The minimum absolute atomic E-state index is 0.103. The van der Waals surface area contributed by atoms with Gasteiger partial charge in [-0.3, -0.25) is 4.79 Å². The summed E-state index contributed by atoms with van der Waals surface area (Å²) in [6, 6.07) is 12.2. The lowest BCUT2D eigenvalue weighted by Gasteiger charge is -2.19. The van der Waals surface area contributed by atoms with E-state index in [2.05, 4.69) is 60.6 Å². The summed E-state index contributed by atoms with van der Waals surface area (Å²) in [6.45, 7) is 10.5. The molecule has 1 aromatic heterocycles. The summed E-state index contributed by atoms with van der Waals surface area (Å²) in [5, 5.41) is 12.7. The summed E-state index contributed by atoms with van der Waals surface area (Å²) < 4.78 is 1.91. The third-order valence-corrected chi connectivity index (χ3v) is 6.19. The number of nitrogens with zero attached hydrogens (tertiary/aromatic N) is 3. The molecule has 1 heterocycles. The van der Waals surface area contributed by atoms with Crippen LogP contribution in [0, 0.1) is 13.8 Å². The molecule has 0 atom stereocenters. The Kier molecular flexibility index (Phi) is 6.58. The second kappa shape index (κ2) is 8.82. The van der Waals surface area contributed by atoms with Crippen LogP contribution in [0.15, 0.2) is 41.6 Å². The molecule has 30 heavy (non-hydrogen) atoms. The van der Waals surface area contributed by atoms with Gasteiger partial charge in [0, 0.05) is 12.6 Å². The number of thioether (sulfide) groups is 1. The third-order valence-electron chi connectivity index (χ3n) is 4.87. The average molecular weight is 443 g/mol. The van der Waals surface area contributed by atoms with E-state index in [0.717, 1.165) is 22.5 Å². The first kappa shape index (κ1) is 22.4. The normalized spacial score (nSPS) is 11.6. The first-order chi connectivity index (χ1) is 14.1. The predicted octanol–water partition coefficient (Wildman–Crippen LogP) is 5.78. The molecule has 3 aromatic rings. The van der Waals surface area contributed by atoms with Crippen molar-refractivity contribution in [1.29, 1.82) is 0 Å². The lowest BCUT2D eigenvalue weighted by molar-refractivity contribution is -0.113. The minimum Gasteiger partial charge on any atom is -0.324 e. The fraction of sp³-hybridized carbons (Fsp3) is 0.348. The van der Waals surface area contributed by atoms with Gasteiger partial charge in [0.1, 0.15) is 0 Å². The number of hydrogen-bond donors (Lipinski definition) is 1. The SMILES string of the molecule is Cc1cc(C)c(NC(=O)CSc2nnc(-c3ccc(C(C)(C)C)cc3)n2C)c(Cl)c1. The fourth-order valence-corrected chi connectivity index (χ4v) is 4.27. The number of anilines is 1. The fourth-order valence-electron chi connectivity index (χ4n) is 3.19. The van der Waals surface area contributed by atoms with Crippen LogP contribution < -0.4 is 5.32 Å². The van der Waals surface area contributed by atoms with Crippen LogP contribution in [0.4, 0.5) is 5.69 Å². The summed E-state index contributed by atoms with van der Waals surface area (Å²) in [5.41, 5.74) is 5.03. The number of aryl methyl sites for hydroxylation is 2. The summed E-state index contributed by atoms with van der Waals surface area (Å²) >= 11 is 7.63. The lowest BCUT2D eigenvalue weighted by Crippen LogP contribution is -2.15. The Balaban J connectivity index is 1.68. The molecule has 0 aliphatic rings. The Bertz CT molecular complexity index is 1040. The number of carbonyl (C=O) groups is 1. The van der Waals surface area contributed by atoms with Gasteiger partial charge in [0.25, 0.3) is 0 Å². The summed E-state index contributed by atoms with van der Waals surface area (Å²) in [7, 11) is 1.91. The predicted molar refractivity (Wildman–Crippen MR) is 125 cm³/mol. The molecule has 3 rings (SSSR count). The van der Waals surface area contributed by atoms with E-state index in [9.17, 15) is 4.79 Å². The number of nitrogens with one attached hydrogen (secondary N) is 1. The van der Waals surface area contributed by atoms with Crippen molar-refractivity contribution in [2.75, 3.05) is 11.1 Å². The molecule has 0 saturated carbocycles. The van der Waals surface area contributed by atoms with Crippen molar-refractivity contribution in [2.24, 2.45) is 7.05 Å². The van der Waals surface area contributed by atoms with Gasteiger partial charge in [0.15, 0.2) is 11.0 Å². The number of carbonyl (C=O) groups excluding carboxylic acids is 1. The first-order valence-corrected chi connectivity index (χ1v) is 11.1. The molecule has 0 saturated heterocycles. The van der Waals surface area contributed by atoms with Crippen LogP contribution >= 0.6 is 23.4 Å². The van der Waals surface area contributed by atoms with Crippen LogP contribution in [-0.4, -0.2) is 26.4 Å². The van der Waals surface area contributed by atoms with Crippen LogP contribution in [0.1, 0.15) is 37.5 Å². The summed E-state index contributed by atoms with van der Waals surface area (Å²) in [6.07, 6.45) is 0. The number of rotatable bonds is 5. The van der Waals surface area contributed by atoms with Crippen LogP contribution in [0.25, 0.3) is 11.4 Å². The molecular weight excluding hydrogens is 416 g/mol. The van der Waals surface area contributed by atoms with E-state index in [1.54, 1.807) is 0 Å². The first-order valence-electron chi connectivity index (χ1n) is 9.76. The topological polar surface area (TPSA) is 59.8 Å². The summed E-state index contributed by atoms with van der Waals surface area (Å²) in [5.74, 6) is 0.863. The van der Waals surface area contributed by atoms with Gasteiger partial charge in [-0.25, -0.2) is 0 Å². The molecule has 1 N–H and O–H groups in total. The largest absolute Gasteiger partial charge is 0.324 e. The second-order valence-electron chi connectivity index (χ2n) is 8.47. The van der Waals surface area contributed by atoms with E-state index in [1.807, 2.05) is 37.6 Å². The molecule has 5 nitrogen and oxygen atoms in total. The van der Waals surface area contributed by atoms with Gasteiger partial charge < -0.3 is 9.88 Å². The van der Waals surface area contributed by atoms with E-state index >= 15 is 0 Å². The van der Waals surface area contributed by atoms with Crippen molar-refractivity contribution in [2.45, 2.75) is 45.2 Å². The number of halogens is 1. The Morgan fingerprint density at radius 2 is 1.80 bits per heavy atom. The Morgan fingerprint density at radius 3 is 2.40 bits per heavy atom. The van der Waals surface area contributed by atoms with E-state index < -0.39 is 0 Å². The molecule has 158 valence electrons. The lowest BCUT2D eigenvalue weighted by atomic mass is 9.87. The zero-order valence-electron chi connectivity index (χ0n) is 18.2. The standard InChI is InChI=1S/C23H27ClN4OS/c1-14-11-15(2)20(18(24)12-14)25-19(29)13-30-22-27-26-21(28(22)6)16-7-9-17(10-8-16)23(3,4)5/h7-12H,13H2,1-6H3,(H,25,29). The Labute approximate surface area is 187 Å². The van der Waals surface area contributed by atoms with Gasteiger partial charge in [-0.1, -0.05) is 74.5 Å². The van der Waals surface area contributed by atoms with Crippen molar-refractivity contribution >= 4 is 35.0 Å². The molecule has 0 radical (unpaired) electrons. The number of amides is 1. The van der Waals surface area contributed by atoms with Crippen molar-refractivity contribution in [3.63, 3.8) is 0 Å². The Morgan fingerprint density at radius 1 is 1.13 bits per heavy atom. The Hall–Kier alpha value is -2.31. The molecule has 0 aliphatic carbocycles. The van der Waals surface area contributed by atoms with E-state index in [-0.39, 0.29) is 17.1 Å². The molecule has 0 fully saturated rings. The van der Waals surface area contributed by atoms with Crippen LogP contribution in [0.3, 0.4) is 0 Å². The highest BCUT2D eigenvalue weighted by molar-refractivity contribution is 7.99. The second-order valence-corrected chi connectivity index (χ2v) is 9.82. The molecule has 1 amide bonds. The number of aromatic nitrogens is 3. The minimum atomic E-state index is -0.132. The zero-order chi connectivity index (χ0) is 22.1. The third kappa shape index (κ3) is 5.05. The van der Waals surface area contributed by atoms with Gasteiger partial charge in [0.2, 0.25) is 5.91 Å². The van der Waals surface area contributed by atoms with Crippen LogP contribution in [0.5, 0.6) is 0 Å². The van der Waals surface area contributed by atoms with Crippen molar-refractivity contribution in [3.8, 4) is 11.4 Å². The van der Waals surface area contributed by atoms with Crippen LogP contribution in [0.2, 0.25) is 5.02 Å². The van der Waals surface area contributed by atoms with E-state index in [4.69, 9.17) is 11.6 Å². The van der Waals surface area contributed by atoms with Crippen molar-refractivity contribution in [1.82, 2.24) is 14.8 Å². The molecular formula is C23H27ClN4OS. The number of benzene rings is 2. The van der Waals surface area contributed by atoms with E-state index in [0.29, 0.717) is 15.9 Å². The maximum absolute atomic E-state index is 12.4. The zero-order valence-corrected chi connectivity index (χ0v) is 19.8. The summed E-state index contributed by atoms with van der Waals surface area (Å²) in [4.78, 5) is 12.4. The molecule has 0 bridgehead atoms. The van der Waals surface area contributed by atoms with Gasteiger partial charge in [0.05, 0.1) is 16.5 Å². The molecule has 7 heteroatoms. The molecule has 2 aromatic carbocycles. The van der Waals surface area contributed by atoms with Gasteiger partial charge in [-0.05, 0) is 42.0 Å². The maximum atomic E-state index is 12.4. The van der Waals surface area contributed by atoms with Crippen molar-refractivity contribution in [3.05, 3.63) is 58.1 Å². The molecule has 0 spiro atoms. The highest BCUT2D eigenvalue weighted by atomic mass is 35.5. The number of hydrogen-bond acceptors (Lipinski definition) is 4. The van der Waals surface area contributed by atoms with Gasteiger partial charge >= 0.3 is 0 Å². The van der Waals surface area contributed by atoms with E-state index in [1.165, 1.54) is 17.3 Å². The van der Waals surface area contributed by atoms with Crippen LogP contribution in [-0.2, 0) is 17.3 Å². The maximum Gasteiger partial charge on any atom is 0.234 e. The van der Waals surface area contributed by atoms with Crippen molar-refractivity contribution < 1.29 is 4.79 Å². The van der Waals surface area contributed by atoms with Gasteiger partial charge in [-0.2, -0.15) is 0 Å². The molecule has 0 aliphatic heterocycles. The van der Waals surface area contributed by atoms with Gasteiger partial charge in [-0.15, -0.1) is 10.2 Å². The highest BCUT2D eigenvalue weighted by Gasteiger charge is 2.17. The quantitative estimate of drug-likeness (QED) is 0.508. The average Bonchev–Trinajstić information content (AvgIpc) is 3.03. The highest BCUT2D eigenvalue weighted by Crippen LogP contribution is 2.29. The monoisotopic (exact) mass is 442 g/mol.